The average Bonchev–Trinajstić information content (AvgIpc) is 2.42. The molecule has 0 saturated heterocycles. The van der Waals surface area contributed by atoms with Crippen molar-refractivity contribution >= 4 is 5.69 Å². The summed E-state index contributed by atoms with van der Waals surface area (Å²) in [5, 5.41) is 3.27. The van der Waals surface area contributed by atoms with Crippen LogP contribution in [0.5, 0.6) is 5.75 Å². The Labute approximate surface area is 106 Å². The maximum absolute atomic E-state index is 13.3. The number of hydrogen-bond donors (Lipinski definition) is 1. The van der Waals surface area contributed by atoms with Crippen LogP contribution in [0.15, 0.2) is 42.7 Å². The van der Waals surface area contributed by atoms with Crippen molar-refractivity contribution in [1.29, 1.82) is 0 Å². The van der Waals surface area contributed by atoms with E-state index in [1.807, 2.05) is 19.1 Å². The molecule has 1 aromatic heterocycles. The first-order chi connectivity index (χ1) is 8.70. The summed E-state index contributed by atoms with van der Waals surface area (Å²) in [4.78, 5) is 4.07. The van der Waals surface area contributed by atoms with Crippen molar-refractivity contribution in [2.45, 2.75) is 13.0 Å². The van der Waals surface area contributed by atoms with Gasteiger partial charge in [-0.1, -0.05) is 6.07 Å². The Morgan fingerprint density at radius 3 is 2.83 bits per heavy atom. The molecule has 94 valence electrons. The fraction of sp³-hybridized carbons (Fsp3) is 0.214. The molecule has 0 fully saturated rings. The Morgan fingerprint density at radius 1 is 1.33 bits per heavy atom. The van der Waals surface area contributed by atoms with E-state index in [2.05, 4.69) is 10.3 Å². The van der Waals surface area contributed by atoms with Crippen LogP contribution in [-0.4, -0.2) is 12.1 Å². The van der Waals surface area contributed by atoms with Gasteiger partial charge in [-0.15, -0.1) is 0 Å². The van der Waals surface area contributed by atoms with Gasteiger partial charge in [0.1, 0.15) is 0 Å². The smallest absolute Gasteiger partial charge is 0.165 e. The van der Waals surface area contributed by atoms with Crippen molar-refractivity contribution in [2.24, 2.45) is 0 Å². The molecule has 0 aliphatic carbocycles. The van der Waals surface area contributed by atoms with E-state index in [1.165, 1.54) is 13.2 Å². The lowest BCUT2D eigenvalue weighted by Gasteiger charge is -2.16. The fourth-order valence-corrected chi connectivity index (χ4v) is 1.72. The summed E-state index contributed by atoms with van der Waals surface area (Å²) in [6.07, 6.45) is 3.54. The number of ether oxygens (including phenoxy) is 1. The SMILES string of the molecule is COc1cc(NC(C)c2cccnc2)ccc1F. The zero-order valence-corrected chi connectivity index (χ0v) is 10.4. The highest BCUT2D eigenvalue weighted by molar-refractivity contribution is 5.50. The number of rotatable bonds is 4. The average molecular weight is 246 g/mol. The lowest BCUT2D eigenvalue weighted by Crippen LogP contribution is -2.07. The van der Waals surface area contributed by atoms with Crippen molar-refractivity contribution in [3.63, 3.8) is 0 Å². The lowest BCUT2D eigenvalue weighted by atomic mass is 10.1. The Balaban J connectivity index is 2.14. The van der Waals surface area contributed by atoms with E-state index in [0.29, 0.717) is 0 Å². The predicted octanol–water partition coefficient (Wildman–Crippen LogP) is 3.40. The Morgan fingerprint density at radius 2 is 2.17 bits per heavy atom. The van der Waals surface area contributed by atoms with Crippen LogP contribution in [0.3, 0.4) is 0 Å². The molecule has 0 amide bonds. The molecule has 0 saturated carbocycles. The zero-order chi connectivity index (χ0) is 13.0. The number of pyridine rings is 1. The molecule has 2 rings (SSSR count). The highest BCUT2D eigenvalue weighted by Gasteiger charge is 2.07. The number of nitrogens with one attached hydrogen (secondary N) is 1. The number of benzene rings is 1. The molecule has 1 aromatic carbocycles. The van der Waals surface area contributed by atoms with Crippen LogP contribution in [0.25, 0.3) is 0 Å². The summed E-state index contributed by atoms with van der Waals surface area (Å²) in [6.45, 7) is 2.02. The second kappa shape index (κ2) is 5.49. The molecule has 0 spiro atoms. The third kappa shape index (κ3) is 2.77. The summed E-state index contributed by atoms with van der Waals surface area (Å²) in [6, 6.07) is 8.68. The van der Waals surface area contributed by atoms with Gasteiger partial charge >= 0.3 is 0 Å². The fourth-order valence-electron chi connectivity index (χ4n) is 1.72. The maximum atomic E-state index is 13.3. The van der Waals surface area contributed by atoms with Gasteiger partial charge in [-0.05, 0) is 30.7 Å². The highest BCUT2D eigenvalue weighted by atomic mass is 19.1. The van der Waals surface area contributed by atoms with Crippen LogP contribution in [0.2, 0.25) is 0 Å². The summed E-state index contributed by atoms with van der Waals surface area (Å²) in [5.74, 6) is -0.129. The number of hydrogen-bond acceptors (Lipinski definition) is 3. The third-order valence-electron chi connectivity index (χ3n) is 2.72. The van der Waals surface area contributed by atoms with Gasteiger partial charge in [0.15, 0.2) is 11.6 Å². The predicted molar refractivity (Wildman–Crippen MR) is 69.2 cm³/mol. The number of anilines is 1. The number of methoxy groups -OCH3 is 1. The first-order valence-electron chi connectivity index (χ1n) is 5.70. The van der Waals surface area contributed by atoms with Gasteiger partial charge in [-0.2, -0.15) is 0 Å². The molecule has 18 heavy (non-hydrogen) atoms. The molecule has 0 aliphatic rings. The van der Waals surface area contributed by atoms with Gasteiger partial charge in [0.2, 0.25) is 0 Å². The minimum absolute atomic E-state index is 0.0915. The minimum atomic E-state index is -0.364. The summed E-state index contributed by atoms with van der Waals surface area (Å²) in [7, 11) is 1.45. The molecule has 0 aliphatic heterocycles. The zero-order valence-electron chi connectivity index (χ0n) is 10.4. The summed E-state index contributed by atoms with van der Waals surface area (Å²) < 4.78 is 18.2. The maximum Gasteiger partial charge on any atom is 0.165 e. The van der Waals surface area contributed by atoms with Crippen molar-refractivity contribution in [1.82, 2.24) is 4.98 Å². The largest absolute Gasteiger partial charge is 0.494 e. The first kappa shape index (κ1) is 12.4. The van der Waals surface area contributed by atoms with Crippen LogP contribution in [-0.2, 0) is 0 Å². The summed E-state index contributed by atoms with van der Waals surface area (Å²) in [5.41, 5.74) is 1.88. The van der Waals surface area contributed by atoms with E-state index in [4.69, 9.17) is 4.74 Å². The standard InChI is InChI=1S/C14H15FN2O/c1-10(11-4-3-7-16-9-11)17-12-5-6-13(15)14(8-12)18-2/h3-10,17H,1-2H3. The Kier molecular flexibility index (Phi) is 3.77. The van der Waals surface area contributed by atoms with Crippen LogP contribution in [0.1, 0.15) is 18.5 Å². The molecular weight excluding hydrogens is 231 g/mol. The van der Waals surface area contributed by atoms with Crippen LogP contribution in [0.4, 0.5) is 10.1 Å². The van der Waals surface area contributed by atoms with Crippen molar-refractivity contribution in [3.05, 3.63) is 54.1 Å². The second-order valence-electron chi connectivity index (χ2n) is 4.00. The van der Waals surface area contributed by atoms with Gasteiger partial charge in [-0.3, -0.25) is 4.98 Å². The molecule has 3 nitrogen and oxygen atoms in total. The highest BCUT2D eigenvalue weighted by Crippen LogP contribution is 2.24. The van der Waals surface area contributed by atoms with E-state index in [-0.39, 0.29) is 17.6 Å². The van der Waals surface area contributed by atoms with Crippen molar-refractivity contribution < 1.29 is 9.13 Å². The van der Waals surface area contributed by atoms with E-state index in [1.54, 1.807) is 24.5 Å². The quantitative estimate of drug-likeness (QED) is 0.897. The first-order valence-corrected chi connectivity index (χ1v) is 5.70. The molecule has 1 unspecified atom stereocenters. The summed E-state index contributed by atoms with van der Waals surface area (Å²) >= 11 is 0. The lowest BCUT2D eigenvalue weighted by molar-refractivity contribution is 0.387. The third-order valence-corrected chi connectivity index (χ3v) is 2.72. The van der Waals surface area contributed by atoms with Crippen LogP contribution < -0.4 is 10.1 Å². The van der Waals surface area contributed by atoms with Gasteiger partial charge in [0, 0.05) is 24.1 Å². The Bertz CT molecular complexity index is 516. The number of nitrogens with zero attached hydrogens (tertiary/aromatic N) is 1. The van der Waals surface area contributed by atoms with Gasteiger partial charge < -0.3 is 10.1 Å². The van der Waals surface area contributed by atoms with Crippen LogP contribution in [0, 0.1) is 5.82 Å². The van der Waals surface area contributed by atoms with E-state index in [0.717, 1.165) is 11.3 Å². The number of halogens is 1. The topological polar surface area (TPSA) is 34.1 Å². The molecule has 0 bridgehead atoms. The minimum Gasteiger partial charge on any atom is -0.494 e. The van der Waals surface area contributed by atoms with E-state index >= 15 is 0 Å². The molecular formula is C14H15FN2O. The van der Waals surface area contributed by atoms with E-state index < -0.39 is 0 Å². The molecule has 4 heteroatoms. The molecule has 2 aromatic rings. The monoisotopic (exact) mass is 246 g/mol. The van der Waals surface area contributed by atoms with Gasteiger partial charge in [-0.25, -0.2) is 4.39 Å². The molecule has 1 atom stereocenters. The second-order valence-corrected chi connectivity index (χ2v) is 4.00. The van der Waals surface area contributed by atoms with Gasteiger partial charge in [0.25, 0.3) is 0 Å². The number of aromatic nitrogens is 1. The molecule has 1 N–H and O–H groups in total. The Hall–Kier alpha value is -2.10. The molecule has 1 heterocycles. The van der Waals surface area contributed by atoms with Crippen LogP contribution >= 0.6 is 0 Å². The van der Waals surface area contributed by atoms with Crippen molar-refractivity contribution in [2.75, 3.05) is 12.4 Å². The van der Waals surface area contributed by atoms with Gasteiger partial charge in [0.05, 0.1) is 13.2 Å². The van der Waals surface area contributed by atoms with E-state index in [9.17, 15) is 4.39 Å². The normalized spacial score (nSPS) is 11.9. The molecule has 0 radical (unpaired) electrons. The van der Waals surface area contributed by atoms with Crippen molar-refractivity contribution in [3.8, 4) is 5.75 Å².